The van der Waals surface area contributed by atoms with Crippen LogP contribution in [0.3, 0.4) is 0 Å². The largest absolute Gasteiger partial charge is 0.486 e. The lowest BCUT2D eigenvalue weighted by atomic mass is 10.2. The Balaban J connectivity index is 1.19. The molecule has 2 aromatic heterocycles. The molecule has 0 atom stereocenters. The molecule has 196 valence electrons. The SMILES string of the molecule is O=c1c(OCCc2ccccc2)c(N2CCN(Cc3ccc4ccccc4n3)CC2)cnn1-c1ccccc1. The fourth-order valence-electron chi connectivity index (χ4n) is 5.03. The standard InChI is InChI=1S/C32H31N5O2/c38-32-31(39-22-17-25-9-3-1-4-10-25)30(23-33-37(32)28-12-5-2-6-13-28)36-20-18-35(19-21-36)24-27-16-15-26-11-7-8-14-29(26)34-27/h1-16,23H,17-22,24H2. The Morgan fingerprint density at radius 3 is 2.28 bits per heavy atom. The Hall–Kier alpha value is -4.49. The van der Waals surface area contributed by atoms with Crippen LogP contribution in [0.5, 0.6) is 5.75 Å². The molecule has 0 amide bonds. The van der Waals surface area contributed by atoms with Crippen molar-refractivity contribution in [2.24, 2.45) is 0 Å². The van der Waals surface area contributed by atoms with Gasteiger partial charge in [-0.15, -0.1) is 0 Å². The summed E-state index contributed by atoms with van der Waals surface area (Å²) in [5, 5.41) is 5.68. The van der Waals surface area contributed by atoms with Crippen molar-refractivity contribution in [3.63, 3.8) is 0 Å². The number of ether oxygens (including phenoxy) is 1. The van der Waals surface area contributed by atoms with Crippen molar-refractivity contribution in [1.82, 2.24) is 19.7 Å². The maximum Gasteiger partial charge on any atom is 0.316 e. The molecule has 0 spiro atoms. The Morgan fingerprint density at radius 2 is 1.49 bits per heavy atom. The monoisotopic (exact) mass is 517 g/mol. The number of hydrogen-bond acceptors (Lipinski definition) is 6. The predicted molar refractivity (Wildman–Crippen MR) is 155 cm³/mol. The Bertz CT molecular complexity index is 1600. The van der Waals surface area contributed by atoms with Gasteiger partial charge in [0.15, 0.2) is 0 Å². The Kier molecular flexibility index (Phi) is 7.32. The van der Waals surface area contributed by atoms with Crippen molar-refractivity contribution in [1.29, 1.82) is 0 Å². The van der Waals surface area contributed by atoms with Crippen LogP contribution in [-0.4, -0.2) is 52.5 Å². The number of nitrogens with zero attached hydrogens (tertiary/aromatic N) is 5. The third-order valence-electron chi connectivity index (χ3n) is 7.15. The van der Waals surface area contributed by atoms with Gasteiger partial charge in [-0.05, 0) is 29.8 Å². The highest BCUT2D eigenvalue weighted by Gasteiger charge is 2.24. The van der Waals surface area contributed by atoms with Crippen LogP contribution in [0.4, 0.5) is 5.69 Å². The number of fused-ring (bicyclic) bond motifs is 1. The highest BCUT2D eigenvalue weighted by molar-refractivity contribution is 5.78. The van der Waals surface area contributed by atoms with Gasteiger partial charge in [-0.25, -0.2) is 0 Å². The first-order valence-electron chi connectivity index (χ1n) is 13.4. The van der Waals surface area contributed by atoms with E-state index in [1.165, 1.54) is 10.2 Å². The van der Waals surface area contributed by atoms with Gasteiger partial charge in [0, 0.05) is 44.5 Å². The normalized spacial score (nSPS) is 14.0. The van der Waals surface area contributed by atoms with Gasteiger partial charge in [0.05, 0.1) is 29.7 Å². The molecule has 1 fully saturated rings. The molecule has 1 saturated heterocycles. The minimum Gasteiger partial charge on any atom is -0.486 e. The van der Waals surface area contributed by atoms with E-state index in [9.17, 15) is 4.79 Å². The van der Waals surface area contributed by atoms with Gasteiger partial charge in [-0.1, -0.05) is 72.8 Å². The molecule has 1 aliphatic rings. The second-order valence-electron chi connectivity index (χ2n) is 9.75. The van der Waals surface area contributed by atoms with Crippen LogP contribution in [0.15, 0.2) is 108 Å². The molecule has 5 aromatic rings. The van der Waals surface area contributed by atoms with Gasteiger partial charge in [-0.2, -0.15) is 9.78 Å². The molecule has 1 aliphatic heterocycles. The average molecular weight is 518 g/mol. The number of hydrogen-bond donors (Lipinski definition) is 0. The van der Waals surface area contributed by atoms with Crippen LogP contribution in [0.1, 0.15) is 11.3 Å². The van der Waals surface area contributed by atoms with Gasteiger partial charge < -0.3 is 9.64 Å². The third-order valence-corrected chi connectivity index (χ3v) is 7.15. The van der Waals surface area contributed by atoms with Crippen LogP contribution >= 0.6 is 0 Å². The third kappa shape index (κ3) is 5.68. The number of piperazine rings is 1. The quantitative estimate of drug-likeness (QED) is 0.297. The number of rotatable bonds is 8. The van der Waals surface area contributed by atoms with Crippen LogP contribution < -0.4 is 15.2 Å². The molecule has 0 saturated carbocycles. The second kappa shape index (κ2) is 11.5. The summed E-state index contributed by atoms with van der Waals surface area (Å²) in [4.78, 5) is 23.1. The lowest BCUT2D eigenvalue weighted by Crippen LogP contribution is -2.46. The first kappa shape index (κ1) is 24.8. The molecule has 0 bridgehead atoms. The van der Waals surface area contributed by atoms with E-state index in [1.807, 2.05) is 60.7 Å². The molecule has 0 aliphatic carbocycles. The van der Waals surface area contributed by atoms with Gasteiger partial charge in [0.1, 0.15) is 5.69 Å². The van der Waals surface area contributed by atoms with Gasteiger partial charge >= 0.3 is 5.56 Å². The molecule has 0 N–H and O–H groups in total. The summed E-state index contributed by atoms with van der Waals surface area (Å²) in [5.41, 5.74) is 4.50. The predicted octanol–water partition coefficient (Wildman–Crippen LogP) is 4.72. The summed E-state index contributed by atoms with van der Waals surface area (Å²) in [6.45, 7) is 4.49. The van der Waals surface area contributed by atoms with E-state index >= 15 is 0 Å². The molecule has 0 unspecified atom stereocenters. The molecule has 6 rings (SSSR count). The fraction of sp³-hybridized carbons (Fsp3) is 0.219. The summed E-state index contributed by atoms with van der Waals surface area (Å²) in [6, 6.07) is 32.1. The topological polar surface area (TPSA) is 63.5 Å². The van der Waals surface area contributed by atoms with E-state index < -0.39 is 0 Å². The van der Waals surface area contributed by atoms with E-state index in [4.69, 9.17) is 9.72 Å². The van der Waals surface area contributed by atoms with Crippen LogP contribution in [-0.2, 0) is 13.0 Å². The molecule has 7 nitrogen and oxygen atoms in total. The lowest BCUT2D eigenvalue weighted by Gasteiger charge is -2.36. The van der Waals surface area contributed by atoms with Crippen LogP contribution in [0.2, 0.25) is 0 Å². The van der Waals surface area contributed by atoms with E-state index in [1.54, 1.807) is 6.20 Å². The summed E-state index contributed by atoms with van der Waals surface area (Å²) >= 11 is 0. The van der Waals surface area contributed by atoms with E-state index in [2.05, 4.69) is 51.3 Å². The molecular weight excluding hydrogens is 486 g/mol. The number of aromatic nitrogens is 3. The maximum atomic E-state index is 13.6. The number of para-hydroxylation sites is 2. The van der Waals surface area contributed by atoms with Crippen LogP contribution in [0.25, 0.3) is 16.6 Å². The molecule has 7 heteroatoms. The van der Waals surface area contributed by atoms with Crippen molar-refractivity contribution < 1.29 is 4.74 Å². The second-order valence-corrected chi connectivity index (χ2v) is 9.75. The van der Waals surface area contributed by atoms with E-state index in [-0.39, 0.29) is 5.56 Å². The zero-order valence-electron chi connectivity index (χ0n) is 21.8. The molecule has 39 heavy (non-hydrogen) atoms. The maximum absolute atomic E-state index is 13.6. The van der Waals surface area contributed by atoms with Crippen molar-refractivity contribution in [3.05, 3.63) is 125 Å². The number of benzene rings is 3. The van der Waals surface area contributed by atoms with Crippen LogP contribution in [0, 0.1) is 0 Å². The highest BCUT2D eigenvalue weighted by atomic mass is 16.5. The Morgan fingerprint density at radius 1 is 0.769 bits per heavy atom. The van der Waals surface area contributed by atoms with Crippen molar-refractivity contribution in [2.75, 3.05) is 37.7 Å². The summed E-state index contributed by atoms with van der Waals surface area (Å²) in [5.74, 6) is 0.356. The first-order chi connectivity index (χ1) is 19.2. The number of anilines is 1. The minimum absolute atomic E-state index is 0.241. The first-order valence-corrected chi connectivity index (χ1v) is 13.4. The molecule has 0 radical (unpaired) electrons. The number of pyridine rings is 1. The Labute approximate surface area is 227 Å². The van der Waals surface area contributed by atoms with E-state index in [0.29, 0.717) is 12.4 Å². The van der Waals surface area contributed by atoms with Crippen molar-refractivity contribution in [2.45, 2.75) is 13.0 Å². The zero-order chi connectivity index (χ0) is 26.4. The van der Waals surface area contributed by atoms with Gasteiger partial charge in [0.2, 0.25) is 5.75 Å². The fourth-order valence-corrected chi connectivity index (χ4v) is 5.03. The minimum atomic E-state index is -0.241. The smallest absolute Gasteiger partial charge is 0.316 e. The van der Waals surface area contributed by atoms with E-state index in [0.717, 1.165) is 67.1 Å². The molecule has 3 aromatic carbocycles. The lowest BCUT2D eigenvalue weighted by molar-refractivity contribution is 0.245. The average Bonchev–Trinajstić information content (AvgIpc) is 2.99. The molecular formula is C32H31N5O2. The van der Waals surface area contributed by atoms with Crippen molar-refractivity contribution in [3.8, 4) is 11.4 Å². The van der Waals surface area contributed by atoms with Gasteiger partial charge in [0.25, 0.3) is 0 Å². The molecule has 3 heterocycles. The summed E-state index contributed by atoms with van der Waals surface area (Å²) < 4.78 is 7.63. The highest BCUT2D eigenvalue weighted by Crippen LogP contribution is 2.26. The summed E-state index contributed by atoms with van der Waals surface area (Å²) in [6.07, 6.45) is 2.49. The van der Waals surface area contributed by atoms with Crippen molar-refractivity contribution >= 4 is 16.6 Å². The zero-order valence-corrected chi connectivity index (χ0v) is 21.8. The summed E-state index contributed by atoms with van der Waals surface area (Å²) in [7, 11) is 0. The van der Waals surface area contributed by atoms with Gasteiger partial charge in [-0.3, -0.25) is 14.7 Å².